The van der Waals surface area contributed by atoms with Crippen molar-refractivity contribution in [3.05, 3.63) is 60.2 Å². The number of para-hydroxylation sites is 1. The molecule has 3 aromatic rings. The normalized spacial score (nSPS) is 13.5. The molecular weight excluding hydrogens is 390 g/mol. The summed E-state index contributed by atoms with van der Waals surface area (Å²) in [5.41, 5.74) is 2.60. The summed E-state index contributed by atoms with van der Waals surface area (Å²) in [7, 11) is 0. The Kier molecular flexibility index (Phi) is 5.34. The van der Waals surface area contributed by atoms with Crippen LogP contribution in [-0.4, -0.2) is 43.6 Å². The predicted molar refractivity (Wildman–Crippen MR) is 109 cm³/mol. The number of aryl methyl sites for hydroxylation is 1. The van der Waals surface area contributed by atoms with Gasteiger partial charge >= 0.3 is 0 Å². The number of thioether (sulfide) groups is 1. The topological polar surface area (TPSA) is 105 Å². The molecule has 1 N–H and O–H groups in total. The quantitative estimate of drug-likeness (QED) is 0.648. The zero-order chi connectivity index (χ0) is 20.2. The van der Waals surface area contributed by atoms with E-state index >= 15 is 0 Å². The van der Waals surface area contributed by atoms with Crippen molar-refractivity contribution < 1.29 is 9.59 Å². The van der Waals surface area contributed by atoms with Crippen molar-refractivity contribution in [1.82, 2.24) is 25.5 Å². The minimum Gasteiger partial charge on any atom is -0.312 e. The van der Waals surface area contributed by atoms with Crippen LogP contribution in [0.3, 0.4) is 0 Å². The zero-order valence-corrected chi connectivity index (χ0v) is 16.3. The summed E-state index contributed by atoms with van der Waals surface area (Å²) in [5, 5.41) is 20.3. The van der Waals surface area contributed by atoms with Gasteiger partial charge in [-0.3, -0.25) is 9.59 Å². The summed E-state index contributed by atoms with van der Waals surface area (Å²) in [5.74, 6) is -0.0647. The molecule has 0 atom stereocenters. The fraction of sp³-hybridized carbons (Fsp3) is 0.158. The fourth-order valence-corrected chi connectivity index (χ4v) is 3.40. The Morgan fingerprint density at radius 3 is 2.62 bits per heavy atom. The first-order chi connectivity index (χ1) is 14.1. The SMILES string of the molecule is Cc1ccc(-n2nnnc2SCC(=O)NC2=NN(c3ccccc3)C(=O)C2)cc1. The molecule has 1 aliphatic heterocycles. The number of benzene rings is 2. The first-order valence-electron chi connectivity index (χ1n) is 8.84. The van der Waals surface area contributed by atoms with Gasteiger partial charge in [0.2, 0.25) is 11.1 Å². The number of aromatic nitrogens is 4. The van der Waals surface area contributed by atoms with Crippen molar-refractivity contribution in [1.29, 1.82) is 0 Å². The van der Waals surface area contributed by atoms with Gasteiger partial charge in [-0.05, 0) is 41.6 Å². The molecular formula is C19H17N7O2S. The molecule has 0 bridgehead atoms. The number of hydrogen-bond acceptors (Lipinski definition) is 7. The molecule has 2 amide bonds. The maximum Gasteiger partial charge on any atom is 0.255 e. The number of carbonyl (C=O) groups excluding carboxylic acids is 2. The van der Waals surface area contributed by atoms with Crippen molar-refractivity contribution in [2.75, 3.05) is 10.8 Å². The van der Waals surface area contributed by atoms with Gasteiger partial charge in [-0.15, -0.1) is 5.10 Å². The number of tetrazole rings is 1. The molecule has 4 rings (SSSR count). The van der Waals surface area contributed by atoms with Crippen LogP contribution >= 0.6 is 11.8 Å². The number of rotatable bonds is 5. The smallest absolute Gasteiger partial charge is 0.255 e. The Labute approximate surface area is 170 Å². The summed E-state index contributed by atoms with van der Waals surface area (Å²) in [4.78, 5) is 24.5. The second-order valence-electron chi connectivity index (χ2n) is 6.31. The van der Waals surface area contributed by atoms with E-state index in [1.54, 1.807) is 16.8 Å². The van der Waals surface area contributed by atoms with Crippen LogP contribution in [0.1, 0.15) is 12.0 Å². The van der Waals surface area contributed by atoms with Crippen LogP contribution in [0.4, 0.5) is 5.69 Å². The maximum atomic E-state index is 12.3. The van der Waals surface area contributed by atoms with Crippen LogP contribution in [-0.2, 0) is 9.59 Å². The van der Waals surface area contributed by atoms with Crippen LogP contribution in [0.15, 0.2) is 64.9 Å². The van der Waals surface area contributed by atoms with Gasteiger partial charge in [0, 0.05) is 0 Å². The summed E-state index contributed by atoms with van der Waals surface area (Å²) >= 11 is 1.20. The Morgan fingerprint density at radius 1 is 1.10 bits per heavy atom. The van der Waals surface area contributed by atoms with Crippen molar-refractivity contribution in [2.24, 2.45) is 5.10 Å². The standard InChI is InChI=1S/C19H17N7O2S/c1-13-7-9-15(10-8-13)26-19(21-23-24-26)29-12-17(27)20-16-11-18(28)25(22-16)14-5-3-2-4-6-14/h2-10H,11-12H2,1H3,(H,20,22,27). The van der Waals surface area contributed by atoms with Gasteiger partial charge in [0.25, 0.3) is 5.91 Å². The average molecular weight is 407 g/mol. The summed E-state index contributed by atoms with van der Waals surface area (Å²) < 4.78 is 1.57. The Balaban J connectivity index is 1.37. The van der Waals surface area contributed by atoms with E-state index in [4.69, 9.17) is 0 Å². The molecule has 10 heteroatoms. The van der Waals surface area contributed by atoms with Gasteiger partial charge in [0.1, 0.15) is 5.84 Å². The molecule has 29 heavy (non-hydrogen) atoms. The number of amidine groups is 1. The third-order valence-corrected chi connectivity index (χ3v) is 5.03. The maximum absolute atomic E-state index is 12.3. The lowest BCUT2D eigenvalue weighted by Crippen LogP contribution is -2.31. The average Bonchev–Trinajstić information content (AvgIpc) is 3.34. The number of hydrazone groups is 1. The van der Waals surface area contributed by atoms with Gasteiger partial charge in [0.05, 0.1) is 23.5 Å². The first kappa shape index (κ1) is 18.8. The lowest BCUT2D eigenvalue weighted by Gasteiger charge is -2.10. The molecule has 146 valence electrons. The third-order valence-electron chi connectivity index (χ3n) is 4.11. The number of nitrogens with zero attached hydrogens (tertiary/aromatic N) is 6. The molecule has 1 aliphatic rings. The predicted octanol–water partition coefficient (Wildman–Crippen LogP) is 1.93. The summed E-state index contributed by atoms with van der Waals surface area (Å²) in [6.45, 7) is 2.00. The molecule has 0 saturated carbocycles. The van der Waals surface area contributed by atoms with E-state index in [2.05, 4.69) is 25.9 Å². The lowest BCUT2D eigenvalue weighted by atomic mass is 10.2. The van der Waals surface area contributed by atoms with E-state index in [9.17, 15) is 9.59 Å². The molecule has 0 fully saturated rings. The van der Waals surface area contributed by atoms with Gasteiger partial charge in [-0.2, -0.15) is 14.8 Å². The Hall–Kier alpha value is -3.53. The number of carbonyl (C=O) groups is 2. The van der Waals surface area contributed by atoms with E-state index in [1.807, 2.05) is 49.4 Å². The van der Waals surface area contributed by atoms with E-state index in [-0.39, 0.29) is 24.0 Å². The summed E-state index contributed by atoms with van der Waals surface area (Å²) in [6.07, 6.45) is 0.0480. The third kappa shape index (κ3) is 4.32. The van der Waals surface area contributed by atoms with E-state index in [0.717, 1.165) is 11.3 Å². The lowest BCUT2D eigenvalue weighted by molar-refractivity contribution is -0.117. The molecule has 0 radical (unpaired) electrons. The molecule has 0 aliphatic carbocycles. The van der Waals surface area contributed by atoms with Gasteiger partial charge in [0.15, 0.2) is 0 Å². The van der Waals surface area contributed by atoms with Crippen LogP contribution in [0.2, 0.25) is 0 Å². The molecule has 0 saturated heterocycles. The van der Waals surface area contributed by atoms with Gasteiger partial charge in [-0.1, -0.05) is 47.7 Å². The Bertz CT molecular complexity index is 1060. The molecule has 9 nitrogen and oxygen atoms in total. The highest BCUT2D eigenvalue weighted by atomic mass is 32.2. The molecule has 0 unspecified atom stereocenters. The number of anilines is 1. The van der Waals surface area contributed by atoms with Gasteiger partial charge in [-0.25, -0.2) is 0 Å². The van der Waals surface area contributed by atoms with E-state index in [1.165, 1.54) is 16.8 Å². The molecule has 0 spiro atoms. The molecule has 1 aromatic heterocycles. The fourth-order valence-electron chi connectivity index (χ4n) is 2.71. The highest BCUT2D eigenvalue weighted by molar-refractivity contribution is 7.99. The number of amides is 2. The monoisotopic (exact) mass is 407 g/mol. The van der Waals surface area contributed by atoms with Gasteiger partial charge < -0.3 is 5.32 Å². The van der Waals surface area contributed by atoms with Crippen molar-refractivity contribution in [3.8, 4) is 5.69 Å². The van der Waals surface area contributed by atoms with Crippen molar-refractivity contribution in [2.45, 2.75) is 18.5 Å². The summed E-state index contributed by atoms with van der Waals surface area (Å²) in [6, 6.07) is 16.8. The number of hydrogen-bond donors (Lipinski definition) is 1. The van der Waals surface area contributed by atoms with Crippen molar-refractivity contribution >= 4 is 35.1 Å². The van der Waals surface area contributed by atoms with Crippen LogP contribution in [0.5, 0.6) is 0 Å². The van der Waals surface area contributed by atoms with Crippen LogP contribution < -0.4 is 10.3 Å². The highest BCUT2D eigenvalue weighted by Gasteiger charge is 2.26. The Morgan fingerprint density at radius 2 is 1.86 bits per heavy atom. The molecule has 2 aromatic carbocycles. The first-order valence-corrected chi connectivity index (χ1v) is 9.82. The van der Waals surface area contributed by atoms with Crippen molar-refractivity contribution in [3.63, 3.8) is 0 Å². The molecule has 2 heterocycles. The van der Waals surface area contributed by atoms with Crippen LogP contribution in [0, 0.1) is 6.92 Å². The second kappa shape index (κ2) is 8.23. The largest absolute Gasteiger partial charge is 0.312 e. The van der Waals surface area contributed by atoms with E-state index < -0.39 is 0 Å². The highest BCUT2D eigenvalue weighted by Crippen LogP contribution is 2.20. The minimum atomic E-state index is -0.282. The second-order valence-corrected chi connectivity index (χ2v) is 7.25. The zero-order valence-electron chi connectivity index (χ0n) is 15.5. The number of nitrogens with one attached hydrogen (secondary N) is 1. The van der Waals surface area contributed by atoms with Crippen LogP contribution in [0.25, 0.3) is 5.69 Å². The van der Waals surface area contributed by atoms with E-state index in [0.29, 0.717) is 16.7 Å². The minimum absolute atomic E-state index is 0.0480.